The normalized spacial score (nSPS) is 11.6. The van der Waals surface area contributed by atoms with Crippen LogP contribution in [0.4, 0.5) is 17.3 Å². The van der Waals surface area contributed by atoms with Crippen molar-refractivity contribution in [1.82, 2.24) is 39.7 Å². The summed E-state index contributed by atoms with van der Waals surface area (Å²) in [6, 6.07) is 7.28. The Morgan fingerprint density at radius 1 is 1.06 bits per heavy atom. The summed E-state index contributed by atoms with van der Waals surface area (Å²) in [5, 5.41) is 13.4. The van der Waals surface area contributed by atoms with Crippen molar-refractivity contribution in [2.75, 3.05) is 10.6 Å². The van der Waals surface area contributed by atoms with Gasteiger partial charge in [-0.05, 0) is 31.5 Å². The molecule has 0 bridgehead atoms. The number of hydrogen-bond acceptors (Lipinski definition) is 8. The first-order valence-corrected chi connectivity index (χ1v) is 11.4. The Labute approximate surface area is 207 Å². The van der Waals surface area contributed by atoms with Crippen molar-refractivity contribution in [2.45, 2.75) is 40.0 Å². The highest BCUT2D eigenvalue weighted by atomic mass is 16.1. The maximum Gasteiger partial charge on any atom is 0.256 e. The van der Waals surface area contributed by atoms with E-state index in [1.807, 2.05) is 32.2 Å². The molecule has 11 heteroatoms. The van der Waals surface area contributed by atoms with E-state index in [4.69, 9.17) is 0 Å². The predicted molar refractivity (Wildman–Crippen MR) is 137 cm³/mol. The molecule has 182 valence electrons. The fourth-order valence-electron chi connectivity index (χ4n) is 3.58. The van der Waals surface area contributed by atoms with Crippen molar-refractivity contribution >= 4 is 34.3 Å². The molecule has 36 heavy (non-hydrogen) atoms. The number of hydrogen-bond donors (Lipinski definition) is 3. The van der Waals surface area contributed by atoms with Crippen LogP contribution in [-0.4, -0.2) is 45.6 Å². The number of H-pyrrole nitrogens is 1. The van der Waals surface area contributed by atoms with E-state index in [0.717, 1.165) is 22.6 Å². The SMILES string of the molecule is Cc1cn(-c2ncc3ncnc(Nc4cc(C(=O)Nc5cc(C(C)(C)C)n[nH]5)ccc4C)c3n2)cn1. The molecule has 0 fully saturated rings. The van der Waals surface area contributed by atoms with Gasteiger partial charge in [0.2, 0.25) is 5.95 Å². The van der Waals surface area contributed by atoms with Crippen LogP contribution < -0.4 is 10.6 Å². The van der Waals surface area contributed by atoms with Crippen LogP contribution in [-0.2, 0) is 5.41 Å². The lowest BCUT2D eigenvalue weighted by Gasteiger charge is -2.13. The highest BCUT2D eigenvalue weighted by Crippen LogP contribution is 2.26. The van der Waals surface area contributed by atoms with E-state index in [1.165, 1.54) is 6.33 Å². The third kappa shape index (κ3) is 4.63. The number of aromatic nitrogens is 8. The molecule has 0 aliphatic carbocycles. The minimum Gasteiger partial charge on any atom is -0.338 e. The van der Waals surface area contributed by atoms with Crippen LogP contribution in [0.15, 0.2) is 49.3 Å². The second kappa shape index (κ2) is 8.84. The van der Waals surface area contributed by atoms with Gasteiger partial charge in [-0.2, -0.15) is 5.10 Å². The van der Waals surface area contributed by atoms with Crippen molar-refractivity contribution < 1.29 is 4.79 Å². The molecule has 4 heterocycles. The van der Waals surface area contributed by atoms with Crippen LogP contribution in [0, 0.1) is 13.8 Å². The van der Waals surface area contributed by atoms with E-state index < -0.39 is 0 Å². The van der Waals surface area contributed by atoms with E-state index in [-0.39, 0.29) is 11.3 Å². The van der Waals surface area contributed by atoms with E-state index in [1.54, 1.807) is 29.2 Å². The molecule has 0 spiro atoms. The molecule has 0 saturated carbocycles. The minimum atomic E-state index is -0.255. The molecule has 5 rings (SSSR count). The quantitative estimate of drug-likeness (QED) is 0.338. The highest BCUT2D eigenvalue weighted by molar-refractivity contribution is 6.04. The number of carbonyl (C=O) groups is 1. The minimum absolute atomic E-state index is 0.124. The smallest absolute Gasteiger partial charge is 0.256 e. The lowest BCUT2D eigenvalue weighted by Crippen LogP contribution is -2.13. The van der Waals surface area contributed by atoms with E-state index in [0.29, 0.717) is 34.2 Å². The Morgan fingerprint density at radius 2 is 1.89 bits per heavy atom. The van der Waals surface area contributed by atoms with Gasteiger partial charge in [-0.1, -0.05) is 26.8 Å². The van der Waals surface area contributed by atoms with Gasteiger partial charge in [0, 0.05) is 28.9 Å². The highest BCUT2D eigenvalue weighted by Gasteiger charge is 2.19. The largest absolute Gasteiger partial charge is 0.338 e. The van der Waals surface area contributed by atoms with Gasteiger partial charge < -0.3 is 10.6 Å². The molecule has 5 aromatic rings. The molecule has 0 unspecified atom stereocenters. The van der Waals surface area contributed by atoms with Gasteiger partial charge in [0.1, 0.15) is 29.5 Å². The zero-order valence-corrected chi connectivity index (χ0v) is 20.7. The number of aromatic amines is 1. The van der Waals surface area contributed by atoms with Crippen LogP contribution in [0.1, 0.15) is 48.1 Å². The van der Waals surface area contributed by atoms with Crippen molar-refractivity contribution in [1.29, 1.82) is 0 Å². The van der Waals surface area contributed by atoms with Crippen molar-refractivity contribution in [3.05, 3.63) is 71.8 Å². The summed E-state index contributed by atoms with van der Waals surface area (Å²) in [5.41, 5.74) is 4.89. The Balaban J connectivity index is 1.43. The van der Waals surface area contributed by atoms with E-state index >= 15 is 0 Å². The van der Waals surface area contributed by atoms with Crippen LogP contribution in [0.2, 0.25) is 0 Å². The number of anilines is 3. The summed E-state index contributed by atoms with van der Waals surface area (Å²) in [6.45, 7) is 10.0. The second-order valence-corrected chi connectivity index (χ2v) is 9.57. The molecule has 1 aromatic carbocycles. The Kier molecular flexibility index (Phi) is 5.67. The molecule has 0 aliphatic heterocycles. The van der Waals surface area contributed by atoms with Crippen LogP contribution >= 0.6 is 0 Å². The number of nitrogens with zero attached hydrogens (tertiary/aromatic N) is 7. The third-order valence-corrected chi connectivity index (χ3v) is 5.65. The lowest BCUT2D eigenvalue weighted by molar-refractivity contribution is 0.102. The summed E-state index contributed by atoms with van der Waals surface area (Å²) in [7, 11) is 0. The summed E-state index contributed by atoms with van der Waals surface area (Å²) >= 11 is 0. The topological polar surface area (TPSA) is 139 Å². The number of carbonyl (C=O) groups excluding carboxylic acids is 1. The van der Waals surface area contributed by atoms with Gasteiger partial charge in [-0.3, -0.25) is 14.5 Å². The summed E-state index contributed by atoms with van der Waals surface area (Å²) in [5.74, 6) is 1.25. The van der Waals surface area contributed by atoms with Gasteiger partial charge in [0.25, 0.3) is 5.91 Å². The molecular weight excluding hydrogens is 456 g/mol. The maximum absolute atomic E-state index is 13.0. The predicted octanol–water partition coefficient (Wildman–Crippen LogP) is 4.24. The fourth-order valence-corrected chi connectivity index (χ4v) is 3.58. The third-order valence-electron chi connectivity index (χ3n) is 5.65. The molecule has 0 saturated heterocycles. The molecule has 0 atom stereocenters. The molecule has 11 nitrogen and oxygen atoms in total. The zero-order chi connectivity index (χ0) is 25.4. The Bertz CT molecular complexity index is 1580. The number of fused-ring (bicyclic) bond motifs is 1. The van der Waals surface area contributed by atoms with Crippen molar-refractivity contribution in [3.8, 4) is 5.95 Å². The molecule has 4 aromatic heterocycles. The lowest BCUT2D eigenvalue weighted by atomic mass is 9.92. The first-order chi connectivity index (χ1) is 17.2. The zero-order valence-electron chi connectivity index (χ0n) is 20.7. The molecule has 1 amide bonds. The van der Waals surface area contributed by atoms with E-state index in [9.17, 15) is 4.79 Å². The Hall–Kier alpha value is -4.67. The number of aryl methyl sites for hydroxylation is 2. The standard InChI is InChI=1S/C25H26N10O/c1-14-6-7-16(23(36)31-20-9-19(33-34-20)25(3,4)5)8-17(14)30-22-21-18(27-12-28-22)10-26-24(32-21)35-11-15(2)29-13-35/h6-13H,1-5H3,(H,27,28,30)(H2,31,33,34,36). The van der Waals surface area contributed by atoms with Gasteiger partial charge in [-0.15, -0.1) is 0 Å². The molecular formula is C25H26N10O. The van der Waals surface area contributed by atoms with Gasteiger partial charge >= 0.3 is 0 Å². The number of imidazole rings is 1. The van der Waals surface area contributed by atoms with Gasteiger partial charge in [0.05, 0.1) is 17.6 Å². The summed E-state index contributed by atoms with van der Waals surface area (Å²) in [4.78, 5) is 34.9. The van der Waals surface area contributed by atoms with Crippen LogP contribution in [0.3, 0.4) is 0 Å². The number of rotatable bonds is 5. The van der Waals surface area contributed by atoms with Gasteiger partial charge in [-0.25, -0.2) is 24.9 Å². The number of amides is 1. The number of benzene rings is 1. The molecule has 3 N–H and O–H groups in total. The first-order valence-electron chi connectivity index (χ1n) is 11.4. The monoisotopic (exact) mass is 482 g/mol. The van der Waals surface area contributed by atoms with Gasteiger partial charge in [0.15, 0.2) is 5.82 Å². The molecule has 0 radical (unpaired) electrons. The summed E-state index contributed by atoms with van der Waals surface area (Å²) in [6.07, 6.45) is 6.59. The fraction of sp³-hybridized carbons (Fsp3) is 0.240. The van der Waals surface area contributed by atoms with Crippen molar-refractivity contribution in [2.24, 2.45) is 0 Å². The average Bonchev–Trinajstić information content (AvgIpc) is 3.49. The van der Waals surface area contributed by atoms with E-state index in [2.05, 4.69) is 66.5 Å². The molecule has 0 aliphatic rings. The van der Waals surface area contributed by atoms with Crippen LogP contribution in [0.25, 0.3) is 17.0 Å². The maximum atomic E-state index is 13.0. The Morgan fingerprint density at radius 3 is 2.61 bits per heavy atom. The summed E-state index contributed by atoms with van der Waals surface area (Å²) < 4.78 is 1.74. The van der Waals surface area contributed by atoms with Crippen LogP contribution in [0.5, 0.6) is 0 Å². The first kappa shape index (κ1) is 23.1. The average molecular weight is 483 g/mol. The van der Waals surface area contributed by atoms with Crippen molar-refractivity contribution in [3.63, 3.8) is 0 Å². The second-order valence-electron chi connectivity index (χ2n) is 9.57. The number of nitrogens with one attached hydrogen (secondary N) is 3.